The van der Waals surface area contributed by atoms with Crippen molar-refractivity contribution in [3.63, 3.8) is 0 Å². The van der Waals surface area contributed by atoms with E-state index in [1.165, 1.54) is 18.4 Å². The van der Waals surface area contributed by atoms with Gasteiger partial charge in [0.2, 0.25) is 0 Å². The van der Waals surface area contributed by atoms with Crippen LogP contribution in [0.15, 0.2) is 24.3 Å². The van der Waals surface area contributed by atoms with Crippen molar-refractivity contribution in [2.75, 3.05) is 11.9 Å². The lowest BCUT2D eigenvalue weighted by atomic mass is 10.1. The molecule has 1 aliphatic carbocycles. The van der Waals surface area contributed by atoms with Gasteiger partial charge in [-0.25, -0.2) is 0 Å². The van der Waals surface area contributed by atoms with Gasteiger partial charge in [0.1, 0.15) is 6.23 Å². The fourth-order valence-corrected chi connectivity index (χ4v) is 1.61. The monoisotopic (exact) mass is 191 g/mol. The topological polar surface area (TPSA) is 23.5 Å². The first kappa shape index (κ1) is 9.53. The third kappa shape index (κ3) is 1.90. The van der Waals surface area contributed by atoms with E-state index in [0.717, 1.165) is 11.6 Å². The van der Waals surface area contributed by atoms with Crippen molar-refractivity contribution >= 4 is 5.69 Å². The second-order valence-electron chi connectivity index (χ2n) is 4.11. The van der Waals surface area contributed by atoms with Crippen LogP contribution in [0.3, 0.4) is 0 Å². The van der Waals surface area contributed by atoms with Crippen LogP contribution in [-0.4, -0.2) is 18.4 Å². The van der Waals surface area contributed by atoms with Crippen LogP contribution in [0.2, 0.25) is 0 Å². The minimum Gasteiger partial charge on any atom is -0.374 e. The Bertz CT molecular complexity index is 301. The summed E-state index contributed by atoms with van der Waals surface area (Å²) in [4.78, 5) is 1.86. The molecule has 0 bridgehead atoms. The Morgan fingerprint density at radius 3 is 2.29 bits per heavy atom. The number of rotatable bonds is 3. The normalized spacial score (nSPS) is 17.9. The molecule has 0 heterocycles. The van der Waals surface area contributed by atoms with Crippen LogP contribution in [-0.2, 0) is 0 Å². The Morgan fingerprint density at radius 1 is 1.29 bits per heavy atom. The summed E-state index contributed by atoms with van der Waals surface area (Å²) >= 11 is 0. The average Bonchev–Trinajstić information content (AvgIpc) is 3.00. The first-order valence-electron chi connectivity index (χ1n) is 5.19. The summed E-state index contributed by atoms with van der Waals surface area (Å²) in [6.45, 7) is 1.77. The smallest absolute Gasteiger partial charge is 0.123 e. The fourth-order valence-electron chi connectivity index (χ4n) is 1.61. The SMILES string of the molecule is C[C@@H](O)N(C)c1ccc(C2CC2)cc1. The van der Waals surface area contributed by atoms with Gasteiger partial charge >= 0.3 is 0 Å². The van der Waals surface area contributed by atoms with E-state index in [-0.39, 0.29) is 0 Å². The lowest BCUT2D eigenvalue weighted by Gasteiger charge is -2.22. The van der Waals surface area contributed by atoms with Crippen molar-refractivity contribution in [3.05, 3.63) is 29.8 Å². The molecule has 0 aliphatic heterocycles. The third-order valence-electron chi connectivity index (χ3n) is 2.91. The minimum atomic E-state index is -0.429. The predicted octanol–water partition coefficient (Wildman–Crippen LogP) is 2.34. The molecule has 0 radical (unpaired) electrons. The van der Waals surface area contributed by atoms with E-state index in [1.54, 1.807) is 6.92 Å². The molecule has 14 heavy (non-hydrogen) atoms. The van der Waals surface area contributed by atoms with Gasteiger partial charge in [0.15, 0.2) is 0 Å². The van der Waals surface area contributed by atoms with Crippen LogP contribution in [0.5, 0.6) is 0 Å². The van der Waals surface area contributed by atoms with E-state index in [4.69, 9.17) is 0 Å². The fraction of sp³-hybridized carbons (Fsp3) is 0.500. The van der Waals surface area contributed by atoms with Crippen LogP contribution < -0.4 is 4.90 Å². The van der Waals surface area contributed by atoms with E-state index in [2.05, 4.69) is 24.3 Å². The zero-order valence-corrected chi connectivity index (χ0v) is 8.77. The largest absolute Gasteiger partial charge is 0.374 e. The van der Waals surface area contributed by atoms with Gasteiger partial charge in [0, 0.05) is 12.7 Å². The zero-order valence-electron chi connectivity index (χ0n) is 8.77. The molecule has 76 valence electrons. The number of hydrogen-bond donors (Lipinski definition) is 1. The van der Waals surface area contributed by atoms with Crippen molar-refractivity contribution in [1.29, 1.82) is 0 Å². The van der Waals surface area contributed by atoms with Crippen LogP contribution >= 0.6 is 0 Å². The van der Waals surface area contributed by atoms with Gasteiger partial charge in [-0.2, -0.15) is 0 Å². The summed E-state index contributed by atoms with van der Waals surface area (Å²) < 4.78 is 0. The molecule has 0 amide bonds. The quantitative estimate of drug-likeness (QED) is 0.741. The molecule has 2 nitrogen and oxygen atoms in total. The Labute approximate surface area is 85.2 Å². The van der Waals surface area contributed by atoms with Gasteiger partial charge in [-0.3, -0.25) is 0 Å². The Morgan fingerprint density at radius 2 is 1.86 bits per heavy atom. The maximum absolute atomic E-state index is 9.39. The predicted molar refractivity (Wildman–Crippen MR) is 58.5 cm³/mol. The van der Waals surface area contributed by atoms with Crippen molar-refractivity contribution in [2.45, 2.75) is 31.9 Å². The molecular weight excluding hydrogens is 174 g/mol. The number of aliphatic hydroxyl groups is 1. The molecule has 1 atom stereocenters. The molecule has 0 spiro atoms. The molecule has 1 aromatic rings. The van der Waals surface area contributed by atoms with E-state index < -0.39 is 6.23 Å². The molecule has 0 unspecified atom stereocenters. The molecule has 0 saturated heterocycles. The number of anilines is 1. The van der Waals surface area contributed by atoms with Crippen LogP contribution in [0.25, 0.3) is 0 Å². The molecule has 1 aromatic carbocycles. The summed E-state index contributed by atoms with van der Waals surface area (Å²) in [5.41, 5.74) is 2.51. The first-order chi connectivity index (χ1) is 6.68. The highest BCUT2D eigenvalue weighted by atomic mass is 16.3. The van der Waals surface area contributed by atoms with E-state index in [9.17, 15) is 5.11 Å². The zero-order chi connectivity index (χ0) is 10.1. The third-order valence-corrected chi connectivity index (χ3v) is 2.91. The van der Waals surface area contributed by atoms with Gasteiger partial charge in [-0.15, -0.1) is 0 Å². The number of benzene rings is 1. The van der Waals surface area contributed by atoms with Crippen molar-refractivity contribution in [1.82, 2.24) is 0 Å². The van der Waals surface area contributed by atoms with E-state index in [1.807, 2.05) is 11.9 Å². The first-order valence-corrected chi connectivity index (χ1v) is 5.19. The number of aliphatic hydroxyl groups excluding tert-OH is 1. The lowest BCUT2D eigenvalue weighted by molar-refractivity contribution is 0.195. The maximum atomic E-state index is 9.39. The van der Waals surface area contributed by atoms with Crippen molar-refractivity contribution in [3.8, 4) is 0 Å². The van der Waals surface area contributed by atoms with E-state index >= 15 is 0 Å². The summed E-state index contributed by atoms with van der Waals surface area (Å²) in [6.07, 6.45) is 2.25. The second-order valence-corrected chi connectivity index (χ2v) is 4.11. The molecule has 1 saturated carbocycles. The van der Waals surface area contributed by atoms with Crippen LogP contribution in [0.1, 0.15) is 31.2 Å². The second kappa shape index (κ2) is 3.62. The standard InChI is InChI=1S/C12H17NO/c1-9(14)13(2)12-7-5-11(6-8-12)10-3-4-10/h5-10,14H,3-4H2,1-2H3/t9-/m1/s1. The Hall–Kier alpha value is -1.02. The highest BCUT2D eigenvalue weighted by molar-refractivity contribution is 5.48. The van der Waals surface area contributed by atoms with Crippen LogP contribution in [0, 0.1) is 0 Å². The number of nitrogens with zero attached hydrogens (tertiary/aromatic N) is 1. The Kier molecular flexibility index (Phi) is 2.46. The van der Waals surface area contributed by atoms with Gasteiger partial charge in [-0.05, 0) is 43.4 Å². The molecule has 2 heteroatoms. The summed E-state index contributed by atoms with van der Waals surface area (Å²) in [5.74, 6) is 0.806. The number of hydrogen-bond acceptors (Lipinski definition) is 2. The van der Waals surface area contributed by atoms with Gasteiger partial charge in [0.25, 0.3) is 0 Å². The molecule has 0 aromatic heterocycles. The van der Waals surface area contributed by atoms with Crippen molar-refractivity contribution < 1.29 is 5.11 Å². The lowest BCUT2D eigenvalue weighted by Crippen LogP contribution is -2.27. The van der Waals surface area contributed by atoms with Crippen molar-refractivity contribution in [2.24, 2.45) is 0 Å². The Balaban J connectivity index is 2.12. The maximum Gasteiger partial charge on any atom is 0.123 e. The molecule has 1 fully saturated rings. The van der Waals surface area contributed by atoms with Gasteiger partial charge in [-0.1, -0.05) is 12.1 Å². The summed E-state index contributed by atoms with van der Waals surface area (Å²) in [7, 11) is 1.90. The van der Waals surface area contributed by atoms with Gasteiger partial charge < -0.3 is 10.0 Å². The highest BCUT2D eigenvalue weighted by Crippen LogP contribution is 2.40. The minimum absolute atomic E-state index is 0.429. The summed E-state index contributed by atoms with van der Waals surface area (Å²) in [5, 5.41) is 9.39. The molecular formula is C12H17NO. The average molecular weight is 191 g/mol. The molecule has 1 aliphatic rings. The summed E-state index contributed by atoms with van der Waals surface area (Å²) in [6, 6.07) is 8.51. The molecule has 1 N–H and O–H groups in total. The van der Waals surface area contributed by atoms with Gasteiger partial charge in [0.05, 0.1) is 0 Å². The van der Waals surface area contributed by atoms with E-state index in [0.29, 0.717) is 0 Å². The van der Waals surface area contributed by atoms with Crippen LogP contribution in [0.4, 0.5) is 5.69 Å². The molecule has 2 rings (SSSR count). The highest BCUT2D eigenvalue weighted by Gasteiger charge is 2.23.